The standard InChI is InChI=1S/C10H12F2N2O3S/c1-13-10(15)6-14(2)18(16,17)7-3-4-8(11)9(12)5-7/h3-5H,6H2,1-2H3,(H,13,15). The fourth-order valence-electron chi connectivity index (χ4n) is 1.18. The van der Waals surface area contributed by atoms with Gasteiger partial charge in [-0.2, -0.15) is 4.31 Å². The number of carbonyl (C=O) groups excluding carboxylic acids is 1. The fraction of sp³-hybridized carbons (Fsp3) is 0.300. The van der Waals surface area contributed by atoms with Crippen LogP contribution < -0.4 is 5.32 Å². The Labute approximate surface area is 103 Å². The summed E-state index contributed by atoms with van der Waals surface area (Å²) >= 11 is 0. The topological polar surface area (TPSA) is 66.5 Å². The van der Waals surface area contributed by atoms with Crippen LogP contribution in [-0.4, -0.2) is 39.3 Å². The van der Waals surface area contributed by atoms with E-state index in [9.17, 15) is 22.0 Å². The Morgan fingerprint density at radius 2 is 1.94 bits per heavy atom. The summed E-state index contributed by atoms with van der Waals surface area (Å²) in [4.78, 5) is 10.7. The molecule has 0 saturated heterocycles. The van der Waals surface area contributed by atoms with Gasteiger partial charge in [-0.1, -0.05) is 0 Å². The Kier molecular flexibility index (Phi) is 4.36. The van der Waals surface area contributed by atoms with Gasteiger partial charge in [-0.15, -0.1) is 0 Å². The molecular formula is C10H12F2N2O3S. The number of rotatable bonds is 4. The third kappa shape index (κ3) is 3.02. The Hall–Kier alpha value is -1.54. The summed E-state index contributed by atoms with van der Waals surface area (Å²) in [6.45, 7) is -0.405. The minimum absolute atomic E-state index is 0.405. The van der Waals surface area contributed by atoms with Crippen molar-refractivity contribution in [3.8, 4) is 0 Å². The molecule has 0 aromatic heterocycles. The lowest BCUT2D eigenvalue weighted by Crippen LogP contribution is -2.36. The fourth-order valence-corrected chi connectivity index (χ4v) is 2.32. The van der Waals surface area contributed by atoms with Crippen molar-refractivity contribution in [3.05, 3.63) is 29.8 Å². The molecule has 0 radical (unpaired) electrons. The minimum atomic E-state index is -4.02. The molecule has 100 valence electrons. The van der Waals surface area contributed by atoms with Gasteiger partial charge in [0, 0.05) is 14.1 Å². The number of hydrogen-bond donors (Lipinski definition) is 1. The average Bonchev–Trinajstić information content (AvgIpc) is 2.32. The van der Waals surface area contributed by atoms with Crippen LogP contribution in [0.1, 0.15) is 0 Å². The van der Waals surface area contributed by atoms with E-state index < -0.39 is 39.0 Å². The number of hydrogen-bond acceptors (Lipinski definition) is 3. The Bertz CT molecular complexity index is 560. The summed E-state index contributed by atoms with van der Waals surface area (Å²) in [6, 6.07) is 2.23. The van der Waals surface area contributed by atoms with Gasteiger partial charge in [0.15, 0.2) is 11.6 Å². The summed E-state index contributed by atoms with van der Waals surface area (Å²) in [6.07, 6.45) is 0. The highest BCUT2D eigenvalue weighted by atomic mass is 32.2. The predicted molar refractivity (Wildman–Crippen MR) is 60.2 cm³/mol. The van der Waals surface area contributed by atoms with Crippen LogP contribution in [-0.2, 0) is 14.8 Å². The van der Waals surface area contributed by atoms with E-state index in [1.807, 2.05) is 0 Å². The Balaban J connectivity index is 3.05. The number of carbonyl (C=O) groups is 1. The third-order valence-electron chi connectivity index (χ3n) is 2.24. The van der Waals surface area contributed by atoms with Crippen molar-refractivity contribution in [1.29, 1.82) is 0 Å². The molecule has 8 heteroatoms. The SMILES string of the molecule is CNC(=O)CN(C)S(=O)(=O)c1ccc(F)c(F)c1. The number of halogens is 2. The van der Waals surface area contributed by atoms with Gasteiger partial charge in [0.1, 0.15) is 0 Å². The van der Waals surface area contributed by atoms with E-state index >= 15 is 0 Å². The van der Waals surface area contributed by atoms with Crippen molar-refractivity contribution < 1.29 is 22.0 Å². The molecule has 0 bridgehead atoms. The highest BCUT2D eigenvalue weighted by Crippen LogP contribution is 2.17. The lowest BCUT2D eigenvalue weighted by molar-refractivity contribution is -0.120. The lowest BCUT2D eigenvalue weighted by atomic mass is 10.3. The van der Waals surface area contributed by atoms with E-state index in [-0.39, 0.29) is 0 Å². The maximum Gasteiger partial charge on any atom is 0.243 e. The number of benzene rings is 1. The molecular weight excluding hydrogens is 266 g/mol. The van der Waals surface area contributed by atoms with Crippen LogP contribution in [0.25, 0.3) is 0 Å². The van der Waals surface area contributed by atoms with Crippen molar-refractivity contribution in [1.82, 2.24) is 9.62 Å². The third-order valence-corrected chi connectivity index (χ3v) is 4.04. The molecule has 0 aliphatic carbocycles. The van der Waals surface area contributed by atoms with Gasteiger partial charge >= 0.3 is 0 Å². The number of sulfonamides is 1. The van der Waals surface area contributed by atoms with E-state index in [4.69, 9.17) is 0 Å². The molecule has 5 nitrogen and oxygen atoms in total. The van der Waals surface area contributed by atoms with Gasteiger partial charge in [0.2, 0.25) is 15.9 Å². The second-order valence-electron chi connectivity index (χ2n) is 3.51. The smallest absolute Gasteiger partial charge is 0.243 e. The second-order valence-corrected chi connectivity index (χ2v) is 5.56. The number of likely N-dealkylation sites (N-methyl/N-ethyl adjacent to an activating group) is 2. The first-order valence-corrected chi connectivity index (χ1v) is 6.35. The summed E-state index contributed by atoms with van der Waals surface area (Å²) in [5.41, 5.74) is 0. The molecule has 1 N–H and O–H groups in total. The lowest BCUT2D eigenvalue weighted by Gasteiger charge is -2.16. The zero-order valence-corrected chi connectivity index (χ0v) is 10.6. The van der Waals surface area contributed by atoms with Gasteiger partial charge in [-0.25, -0.2) is 17.2 Å². The highest BCUT2D eigenvalue weighted by molar-refractivity contribution is 7.89. The van der Waals surface area contributed by atoms with E-state index in [0.29, 0.717) is 6.07 Å². The molecule has 1 amide bonds. The molecule has 0 atom stereocenters. The van der Waals surface area contributed by atoms with Gasteiger partial charge in [0.25, 0.3) is 0 Å². The van der Waals surface area contributed by atoms with Gasteiger partial charge in [0.05, 0.1) is 11.4 Å². The minimum Gasteiger partial charge on any atom is -0.358 e. The first-order valence-electron chi connectivity index (χ1n) is 4.91. The van der Waals surface area contributed by atoms with Crippen LogP contribution in [0, 0.1) is 11.6 Å². The monoisotopic (exact) mass is 278 g/mol. The molecule has 0 aliphatic heterocycles. The zero-order valence-electron chi connectivity index (χ0n) is 9.78. The molecule has 0 saturated carbocycles. The van der Waals surface area contributed by atoms with Crippen LogP contribution in [0.4, 0.5) is 8.78 Å². The molecule has 0 fully saturated rings. The van der Waals surface area contributed by atoms with E-state index in [2.05, 4.69) is 5.32 Å². The summed E-state index contributed by atoms with van der Waals surface area (Å²) in [5, 5.41) is 2.26. The Morgan fingerprint density at radius 1 is 1.33 bits per heavy atom. The van der Waals surface area contributed by atoms with E-state index in [1.54, 1.807) is 0 Å². The van der Waals surface area contributed by atoms with E-state index in [1.165, 1.54) is 14.1 Å². The summed E-state index contributed by atoms with van der Waals surface area (Å²) in [5.74, 6) is -2.91. The molecule has 0 aliphatic rings. The first-order chi connectivity index (χ1) is 8.28. The predicted octanol–water partition coefficient (Wildman–Crippen LogP) is 0.331. The molecule has 1 aromatic rings. The van der Waals surface area contributed by atoms with Crippen LogP contribution in [0.3, 0.4) is 0 Å². The van der Waals surface area contributed by atoms with Gasteiger partial charge in [-0.05, 0) is 18.2 Å². The number of amides is 1. The summed E-state index contributed by atoms with van der Waals surface area (Å²) in [7, 11) is -1.48. The molecule has 0 heterocycles. The van der Waals surface area contributed by atoms with Crippen molar-refractivity contribution >= 4 is 15.9 Å². The first kappa shape index (κ1) is 14.5. The molecule has 1 aromatic carbocycles. The zero-order chi connectivity index (χ0) is 13.9. The van der Waals surface area contributed by atoms with Crippen molar-refractivity contribution in [2.75, 3.05) is 20.6 Å². The Morgan fingerprint density at radius 3 is 2.44 bits per heavy atom. The van der Waals surface area contributed by atoms with Gasteiger partial charge in [-0.3, -0.25) is 4.79 Å². The molecule has 0 spiro atoms. The van der Waals surface area contributed by atoms with E-state index in [0.717, 1.165) is 16.4 Å². The second kappa shape index (κ2) is 5.40. The maximum atomic E-state index is 13.0. The largest absolute Gasteiger partial charge is 0.358 e. The van der Waals surface area contributed by atoms with Crippen molar-refractivity contribution in [2.24, 2.45) is 0 Å². The summed E-state index contributed by atoms with van der Waals surface area (Å²) < 4.78 is 50.2. The van der Waals surface area contributed by atoms with Crippen molar-refractivity contribution in [2.45, 2.75) is 4.90 Å². The molecule has 18 heavy (non-hydrogen) atoms. The van der Waals surface area contributed by atoms with Crippen LogP contribution >= 0.6 is 0 Å². The molecule has 0 unspecified atom stereocenters. The molecule has 1 rings (SSSR count). The van der Waals surface area contributed by atoms with Crippen LogP contribution in [0.15, 0.2) is 23.1 Å². The average molecular weight is 278 g/mol. The number of nitrogens with zero attached hydrogens (tertiary/aromatic N) is 1. The van der Waals surface area contributed by atoms with Crippen LogP contribution in [0.2, 0.25) is 0 Å². The quantitative estimate of drug-likeness (QED) is 0.863. The van der Waals surface area contributed by atoms with Gasteiger partial charge < -0.3 is 5.32 Å². The number of nitrogens with one attached hydrogen (secondary N) is 1. The highest BCUT2D eigenvalue weighted by Gasteiger charge is 2.23. The normalized spacial score (nSPS) is 11.6. The maximum absolute atomic E-state index is 13.0. The van der Waals surface area contributed by atoms with Crippen LogP contribution in [0.5, 0.6) is 0 Å². The van der Waals surface area contributed by atoms with Crippen molar-refractivity contribution in [3.63, 3.8) is 0 Å².